The molecule has 0 bridgehead atoms. The van der Waals surface area contributed by atoms with Crippen molar-refractivity contribution in [1.82, 2.24) is 0 Å². The van der Waals surface area contributed by atoms with Crippen LogP contribution >= 0.6 is 0 Å². The number of aromatic carboxylic acids is 1. The Balaban J connectivity index is 3.02. The van der Waals surface area contributed by atoms with E-state index in [2.05, 4.69) is 5.32 Å². The third kappa shape index (κ3) is 3.76. The fourth-order valence-corrected chi connectivity index (χ4v) is 1.22. The van der Waals surface area contributed by atoms with Gasteiger partial charge in [0.15, 0.2) is 0 Å². The molecule has 0 aromatic heterocycles. The van der Waals surface area contributed by atoms with Crippen molar-refractivity contribution in [2.75, 3.05) is 18.5 Å². The first kappa shape index (κ1) is 13.0. The Labute approximate surface area is 97.8 Å². The number of hydrogen-bond donors (Lipinski definition) is 3. The fourth-order valence-electron chi connectivity index (χ4n) is 1.22. The molecule has 0 fully saturated rings. The molecule has 92 valence electrons. The summed E-state index contributed by atoms with van der Waals surface area (Å²) in [7, 11) is 0. The molecule has 0 aliphatic heterocycles. The standard InChI is InChI=1S/C11H13NO5/c1-7(14)12-9-3-2-8(11(15)16)6-10(9)17-5-4-13/h2-3,6,13H,4-5H2,1H3,(H,12,14)(H,15,16). The minimum Gasteiger partial charge on any atom is -0.489 e. The maximum absolute atomic E-state index is 10.9. The number of ether oxygens (including phenoxy) is 1. The van der Waals surface area contributed by atoms with Crippen molar-refractivity contribution in [3.05, 3.63) is 23.8 Å². The molecule has 1 aromatic rings. The van der Waals surface area contributed by atoms with Crippen LogP contribution < -0.4 is 10.1 Å². The second-order valence-electron chi connectivity index (χ2n) is 3.27. The lowest BCUT2D eigenvalue weighted by Crippen LogP contribution is -2.10. The van der Waals surface area contributed by atoms with Crippen LogP contribution in [0.1, 0.15) is 17.3 Å². The molecule has 1 amide bonds. The highest BCUT2D eigenvalue weighted by molar-refractivity contribution is 5.93. The third-order valence-corrected chi connectivity index (χ3v) is 1.89. The summed E-state index contributed by atoms with van der Waals surface area (Å²) in [6, 6.07) is 4.10. The average molecular weight is 239 g/mol. The first-order valence-electron chi connectivity index (χ1n) is 4.93. The van der Waals surface area contributed by atoms with Crippen LogP contribution in [0.15, 0.2) is 18.2 Å². The van der Waals surface area contributed by atoms with Crippen LogP contribution in [0.2, 0.25) is 0 Å². The zero-order chi connectivity index (χ0) is 12.8. The van der Waals surface area contributed by atoms with E-state index >= 15 is 0 Å². The molecule has 0 aliphatic carbocycles. The van der Waals surface area contributed by atoms with Crippen LogP contribution in [0, 0.1) is 0 Å². The number of carbonyl (C=O) groups is 2. The van der Waals surface area contributed by atoms with Crippen LogP contribution in [0.3, 0.4) is 0 Å². The number of carboxylic acid groups (broad SMARTS) is 1. The van der Waals surface area contributed by atoms with E-state index in [0.717, 1.165) is 0 Å². The topological polar surface area (TPSA) is 95.9 Å². The Morgan fingerprint density at radius 1 is 1.41 bits per heavy atom. The quantitative estimate of drug-likeness (QED) is 0.703. The first-order valence-corrected chi connectivity index (χ1v) is 4.93. The highest BCUT2D eigenvalue weighted by Gasteiger charge is 2.10. The Bertz CT molecular complexity index is 430. The SMILES string of the molecule is CC(=O)Nc1ccc(C(=O)O)cc1OCCO. The van der Waals surface area contributed by atoms with Gasteiger partial charge in [-0.2, -0.15) is 0 Å². The number of rotatable bonds is 5. The summed E-state index contributed by atoms with van der Waals surface area (Å²) in [5.74, 6) is -1.16. The summed E-state index contributed by atoms with van der Waals surface area (Å²) in [5, 5.41) is 20.0. The molecule has 0 aliphatic rings. The number of amides is 1. The summed E-state index contributed by atoms with van der Waals surface area (Å²) in [4.78, 5) is 21.7. The number of anilines is 1. The van der Waals surface area contributed by atoms with Crippen LogP contribution in [0.5, 0.6) is 5.75 Å². The summed E-state index contributed by atoms with van der Waals surface area (Å²) >= 11 is 0. The van der Waals surface area contributed by atoms with Crippen molar-refractivity contribution in [3.8, 4) is 5.75 Å². The average Bonchev–Trinajstić information content (AvgIpc) is 2.26. The molecule has 0 radical (unpaired) electrons. The molecular formula is C11H13NO5. The van der Waals surface area contributed by atoms with Gasteiger partial charge < -0.3 is 20.3 Å². The van der Waals surface area contributed by atoms with Crippen molar-refractivity contribution < 1.29 is 24.5 Å². The van der Waals surface area contributed by atoms with Crippen molar-refractivity contribution in [1.29, 1.82) is 0 Å². The predicted octanol–water partition coefficient (Wildman–Crippen LogP) is 0.714. The monoisotopic (exact) mass is 239 g/mol. The summed E-state index contributed by atoms with van der Waals surface area (Å²) in [6.07, 6.45) is 0. The lowest BCUT2D eigenvalue weighted by atomic mass is 10.2. The number of hydrogen-bond acceptors (Lipinski definition) is 4. The van der Waals surface area contributed by atoms with E-state index in [9.17, 15) is 9.59 Å². The van der Waals surface area contributed by atoms with E-state index in [1.165, 1.54) is 25.1 Å². The minimum atomic E-state index is -1.09. The maximum Gasteiger partial charge on any atom is 0.335 e. The first-order chi connectivity index (χ1) is 8.04. The Morgan fingerprint density at radius 3 is 2.65 bits per heavy atom. The molecule has 1 aromatic carbocycles. The predicted molar refractivity (Wildman–Crippen MR) is 60.3 cm³/mol. The van der Waals surface area contributed by atoms with Gasteiger partial charge in [-0.05, 0) is 18.2 Å². The van der Waals surface area contributed by atoms with Gasteiger partial charge in [0, 0.05) is 6.92 Å². The summed E-state index contributed by atoms with van der Waals surface area (Å²) in [6.45, 7) is 1.16. The summed E-state index contributed by atoms with van der Waals surface area (Å²) < 4.78 is 5.15. The highest BCUT2D eigenvalue weighted by Crippen LogP contribution is 2.26. The largest absolute Gasteiger partial charge is 0.489 e. The number of carboxylic acids is 1. The van der Waals surface area contributed by atoms with Crippen molar-refractivity contribution in [3.63, 3.8) is 0 Å². The lowest BCUT2D eigenvalue weighted by Gasteiger charge is -2.11. The normalized spacial score (nSPS) is 9.76. The van der Waals surface area contributed by atoms with Gasteiger partial charge in [0.05, 0.1) is 17.9 Å². The minimum absolute atomic E-state index is 0.0235. The summed E-state index contributed by atoms with van der Waals surface area (Å²) in [5.41, 5.74) is 0.419. The molecule has 3 N–H and O–H groups in total. The number of aliphatic hydroxyl groups is 1. The Morgan fingerprint density at radius 2 is 2.12 bits per heavy atom. The fraction of sp³-hybridized carbons (Fsp3) is 0.273. The van der Waals surface area contributed by atoms with E-state index in [1.807, 2.05) is 0 Å². The molecule has 0 saturated heterocycles. The van der Waals surface area contributed by atoms with Crippen molar-refractivity contribution in [2.45, 2.75) is 6.92 Å². The molecular weight excluding hydrogens is 226 g/mol. The number of carbonyl (C=O) groups excluding carboxylic acids is 1. The lowest BCUT2D eigenvalue weighted by molar-refractivity contribution is -0.114. The molecule has 0 saturated carbocycles. The van der Waals surface area contributed by atoms with Crippen LogP contribution in [-0.2, 0) is 4.79 Å². The highest BCUT2D eigenvalue weighted by atomic mass is 16.5. The molecule has 0 heterocycles. The van der Waals surface area contributed by atoms with Gasteiger partial charge in [0.2, 0.25) is 5.91 Å². The molecule has 0 spiro atoms. The van der Waals surface area contributed by atoms with Gasteiger partial charge in [-0.25, -0.2) is 4.79 Å². The zero-order valence-electron chi connectivity index (χ0n) is 9.27. The number of nitrogens with one attached hydrogen (secondary N) is 1. The molecule has 1 rings (SSSR count). The van der Waals surface area contributed by atoms with Crippen LogP contribution in [0.25, 0.3) is 0 Å². The van der Waals surface area contributed by atoms with E-state index < -0.39 is 5.97 Å². The molecule has 0 unspecified atom stereocenters. The Kier molecular flexibility index (Phi) is 4.47. The number of aliphatic hydroxyl groups excluding tert-OH is 1. The van der Waals surface area contributed by atoms with E-state index in [0.29, 0.717) is 5.69 Å². The second kappa shape index (κ2) is 5.86. The van der Waals surface area contributed by atoms with Crippen molar-refractivity contribution >= 4 is 17.6 Å². The van der Waals surface area contributed by atoms with Gasteiger partial charge >= 0.3 is 5.97 Å². The molecule has 6 heteroatoms. The van der Waals surface area contributed by atoms with E-state index in [4.69, 9.17) is 14.9 Å². The van der Waals surface area contributed by atoms with E-state index in [1.54, 1.807) is 0 Å². The Hall–Kier alpha value is -2.08. The molecule has 6 nitrogen and oxygen atoms in total. The van der Waals surface area contributed by atoms with Gasteiger partial charge in [0.25, 0.3) is 0 Å². The molecule has 17 heavy (non-hydrogen) atoms. The zero-order valence-corrected chi connectivity index (χ0v) is 9.27. The van der Waals surface area contributed by atoms with E-state index in [-0.39, 0.29) is 30.4 Å². The van der Waals surface area contributed by atoms with Crippen LogP contribution in [-0.4, -0.2) is 35.3 Å². The van der Waals surface area contributed by atoms with Gasteiger partial charge in [-0.1, -0.05) is 0 Å². The second-order valence-corrected chi connectivity index (χ2v) is 3.27. The van der Waals surface area contributed by atoms with Gasteiger partial charge in [-0.3, -0.25) is 4.79 Å². The third-order valence-electron chi connectivity index (χ3n) is 1.89. The van der Waals surface area contributed by atoms with Gasteiger partial charge in [-0.15, -0.1) is 0 Å². The number of benzene rings is 1. The maximum atomic E-state index is 10.9. The van der Waals surface area contributed by atoms with Crippen LogP contribution in [0.4, 0.5) is 5.69 Å². The van der Waals surface area contributed by atoms with Gasteiger partial charge in [0.1, 0.15) is 12.4 Å². The smallest absolute Gasteiger partial charge is 0.335 e. The van der Waals surface area contributed by atoms with Crippen molar-refractivity contribution in [2.24, 2.45) is 0 Å². The molecule has 0 atom stereocenters.